The molecule has 3 aromatic carbocycles. The SMILES string of the molecule is Cc1nccc(-c2cccc(NC(=O)Cn3c4ccccc4c(=O)c4ccccc43)c2)n1. The molecular formula is C26H20N4O2. The lowest BCUT2D eigenvalue weighted by Gasteiger charge is -2.15. The monoisotopic (exact) mass is 420 g/mol. The van der Waals surface area contributed by atoms with E-state index in [2.05, 4.69) is 15.3 Å². The Balaban J connectivity index is 1.49. The van der Waals surface area contributed by atoms with Crippen LogP contribution in [0.3, 0.4) is 0 Å². The smallest absolute Gasteiger partial charge is 0.244 e. The molecule has 5 rings (SSSR count). The predicted octanol–water partition coefficient (Wildman–Crippen LogP) is 4.56. The molecule has 6 nitrogen and oxygen atoms in total. The van der Waals surface area contributed by atoms with Gasteiger partial charge in [0.2, 0.25) is 5.91 Å². The van der Waals surface area contributed by atoms with Crippen molar-refractivity contribution in [2.45, 2.75) is 13.5 Å². The number of nitrogens with one attached hydrogen (secondary N) is 1. The van der Waals surface area contributed by atoms with E-state index >= 15 is 0 Å². The molecule has 0 unspecified atom stereocenters. The minimum atomic E-state index is -0.181. The minimum absolute atomic E-state index is 0.0271. The number of benzene rings is 3. The fourth-order valence-corrected chi connectivity index (χ4v) is 3.96. The summed E-state index contributed by atoms with van der Waals surface area (Å²) in [6, 6.07) is 24.2. The van der Waals surface area contributed by atoms with Crippen LogP contribution in [0.4, 0.5) is 5.69 Å². The number of fused-ring (bicyclic) bond motifs is 2. The number of carbonyl (C=O) groups is 1. The van der Waals surface area contributed by atoms with Gasteiger partial charge in [-0.2, -0.15) is 0 Å². The van der Waals surface area contributed by atoms with Gasteiger partial charge >= 0.3 is 0 Å². The van der Waals surface area contributed by atoms with Crippen LogP contribution in [0.25, 0.3) is 33.1 Å². The number of pyridine rings is 1. The molecule has 0 aliphatic heterocycles. The largest absolute Gasteiger partial charge is 0.331 e. The Morgan fingerprint density at radius 2 is 1.59 bits per heavy atom. The van der Waals surface area contributed by atoms with Gasteiger partial charge < -0.3 is 9.88 Å². The third kappa shape index (κ3) is 3.63. The minimum Gasteiger partial charge on any atom is -0.331 e. The maximum absolute atomic E-state index is 13.0. The Hall–Kier alpha value is -4.32. The van der Waals surface area contributed by atoms with Gasteiger partial charge in [0.1, 0.15) is 12.4 Å². The quantitative estimate of drug-likeness (QED) is 0.433. The Kier molecular flexibility index (Phi) is 4.95. The summed E-state index contributed by atoms with van der Waals surface area (Å²) in [5.74, 6) is 0.508. The molecule has 1 amide bonds. The normalized spacial score (nSPS) is 11.0. The molecule has 1 N–H and O–H groups in total. The van der Waals surface area contributed by atoms with E-state index in [9.17, 15) is 9.59 Å². The molecule has 2 heterocycles. The number of hydrogen-bond donors (Lipinski definition) is 1. The van der Waals surface area contributed by atoms with Crippen LogP contribution in [0, 0.1) is 6.92 Å². The van der Waals surface area contributed by atoms with E-state index in [1.54, 1.807) is 18.3 Å². The zero-order chi connectivity index (χ0) is 22.1. The standard InChI is InChI=1S/C26H20N4O2/c1-17-27-14-13-22(28-17)18-7-6-8-19(15-18)29-25(31)16-30-23-11-4-2-9-20(23)26(32)21-10-3-5-12-24(21)30/h2-15H,16H2,1H3,(H,29,31). The van der Waals surface area contributed by atoms with E-state index in [1.165, 1.54) is 0 Å². The number of para-hydroxylation sites is 2. The second-order valence-electron chi connectivity index (χ2n) is 7.57. The highest BCUT2D eigenvalue weighted by Crippen LogP contribution is 2.22. The highest BCUT2D eigenvalue weighted by molar-refractivity contribution is 5.97. The fourth-order valence-electron chi connectivity index (χ4n) is 3.96. The van der Waals surface area contributed by atoms with Crippen LogP contribution in [0.15, 0.2) is 89.9 Å². The topological polar surface area (TPSA) is 76.9 Å². The Bertz CT molecular complexity index is 1480. The van der Waals surface area contributed by atoms with Gasteiger partial charge in [-0.05, 0) is 49.4 Å². The number of nitrogens with zero attached hydrogens (tertiary/aromatic N) is 3. The van der Waals surface area contributed by atoms with Crippen molar-refractivity contribution in [3.8, 4) is 11.3 Å². The van der Waals surface area contributed by atoms with Gasteiger partial charge in [-0.25, -0.2) is 9.97 Å². The number of anilines is 1. The zero-order valence-electron chi connectivity index (χ0n) is 17.4. The molecule has 156 valence electrons. The highest BCUT2D eigenvalue weighted by atomic mass is 16.2. The van der Waals surface area contributed by atoms with E-state index in [4.69, 9.17) is 0 Å². The lowest BCUT2D eigenvalue weighted by atomic mass is 10.1. The Labute approximate surface area is 184 Å². The van der Waals surface area contributed by atoms with Crippen molar-refractivity contribution in [3.05, 3.63) is 101 Å². The van der Waals surface area contributed by atoms with Crippen LogP contribution in [0.1, 0.15) is 5.82 Å². The summed E-state index contributed by atoms with van der Waals surface area (Å²) in [4.78, 5) is 34.5. The third-order valence-electron chi connectivity index (χ3n) is 5.40. The van der Waals surface area contributed by atoms with Gasteiger partial charge in [0, 0.05) is 28.2 Å². The Morgan fingerprint density at radius 1 is 0.906 bits per heavy atom. The van der Waals surface area contributed by atoms with Crippen molar-refractivity contribution < 1.29 is 4.79 Å². The first-order valence-electron chi connectivity index (χ1n) is 10.3. The lowest BCUT2D eigenvalue weighted by Crippen LogP contribution is -2.21. The summed E-state index contributed by atoms with van der Waals surface area (Å²) in [6.45, 7) is 1.92. The summed E-state index contributed by atoms with van der Waals surface area (Å²) in [6.07, 6.45) is 1.72. The average molecular weight is 420 g/mol. The van der Waals surface area contributed by atoms with E-state index in [-0.39, 0.29) is 17.9 Å². The molecule has 0 fully saturated rings. The molecule has 5 aromatic rings. The summed E-state index contributed by atoms with van der Waals surface area (Å²) in [5, 5.41) is 4.17. The number of aromatic nitrogens is 3. The molecule has 0 aliphatic rings. The number of aryl methyl sites for hydroxylation is 1. The van der Waals surface area contributed by atoms with Crippen LogP contribution < -0.4 is 10.7 Å². The molecule has 0 radical (unpaired) electrons. The van der Waals surface area contributed by atoms with E-state index in [0.717, 1.165) is 22.3 Å². The molecule has 0 saturated carbocycles. The van der Waals surface area contributed by atoms with Gasteiger partial charge in [-0.15, -0.1) is 0 Å². The summed E-state index contributed by atoms with van der Waals surface area (Å²) in [7, 11) is 0. The first-order chi connectivity index (χ1) is 15.6. The summed E-state index contributed by atoms with van der Waals surface area (Å²) < 4.78 is 1.89. The molecule has 32 heavy (non-hydrogen) atoms. The number of rotatable bonds is 4. The third-order valence-corrected chi connectivity index (χ3v) is 5.40. The number of hydrogen-bond acceptors (Lipinski definition) is 4. The molecule has 2 aromatic heterocycles. The van der Waals surface area contributed by atoms with Crippen LogP contribution in [0.2, 0.25) is 0 Å². The molecule has 0 atom stereocenters. The van der Waals surface area contributed by atoms with Gasteiger partial charge in [0.15, 0.2) is 5.43 Å². The molecule has 0 aliphatic carbocycles. The lowest BCUT2D eigenvalue weighted by molar-refractivity contribution is -0.116. The molecular weight excluding hydrogens is 400 g/mol. The summed E-state index contributed by atoms with van der Waals surface area (Å²) in [5.41, 5.74) is 3.81. The molecule has 0 spiro atoms. The number of carbonyl (C=O) groups excluding carboxylic acids is 1. The highest BCUT2D eigenvalue weighted by Gasteiger charge is 2.13. The van der Waals surface area contributed by atoms with Crippen LogP contribution in [-0.2, 0) is 11.3 Å². The van der Waals surface area contributed by atoms with Crippen molar-refractivity contribution in [1.82, 2.24) is 14.5 Å². The predicted molar refractivity (Wildman–Crippen MR) is 127 cm³/mol. The van der Waals surface area contributed by atoms with Gasteiger partial charge in [0.05, 0.1) is 16.7 Å². The second-order valence-corrected chi connectivity index (χ2v) is 7.57. The summed E-state index contributed by atoms with van der Waals surface area (Å²) >= 11 is 0. The Morgan fingerprint density at radius 3 is 2.28 bits per heavy atom. The fraction of sp³-hybridized carbons (Fsp3) is 0.0769. The van der Waals surface area contributed by atoms with Crippen LogP contribution in [-0.4, -0.2) is 20.4 Å². The van der Waals surface area contributed by atoms with Crippen LogP contribution >= 0.6 is 0 Å². The second kappa shape index (κ2) is 8.07. The molecule has 6 heteroatoms. The van der Waals surface area contributed by atoms with Crippen molar-refractivity contribution in [1.29, 1.82) is 0 Å². The van der Waals surface area contributed by atoms with E-state index < -0.39 is 0 Å². The molecule has 0 bridgehead atoms. The number of amides is 1. The van der Waals surface area contributed by atoms with Gasteiger partial charge in [0.25, 0.3) is 0 Å². The first kappa shape index (κ1) is 19.6. The van der Waals surface area contributed by atoms with Crippen molar-refractivity contribution >= 4 is 33.4 Å². The first-order valence-corrected chi connectivity index (χ1v) is 10.3. The zero-order valence-corrected chi connectivity index (χ0v) is 17.4. The van der Waals surface area contributed by atoms with E-state index in [0.29, 0.717) is 22.3 Å². The maximum atomic E-state index is 13.0. The van der Waals surface area contributed by atoms with Gasteiger partial charge in [-0.1, -0.05) is 36.4 Å². The van der Waals surface area contributed by atoms with Crippen LogP contribution in [0.5, 0.6) is 0 Å². The van der Waals surface area contributed by atoms with Crippen molar-refractivity contribution in [2.75, 3.05) is 5.32 Å². The van der Waals surface area contributed by atoms with E-state index in [1.807, 2.05) is 78.2 Å². The van der Waals surface area contributed by atoms with Gasteiger partial charge in [-0.3, -0.25) is 9.59 Å². The molecule has 0 saturated heterocycles. The van der Waals surface area contributed by atoms with Crippen molar-refractivity contribution in [3.63, 3.8) is 0 Å². The maximum Gasteiger partial charge on any atom is 0.244 e. The van der Waals surface area contributed by atoms with Crippen molar-refractivity contribution in [2.24, 2.45) is 0 Å². The average Bonchev–Trinajstić information content (AvgIpc) is 2.82.